The van der Waals surface area contributed by atoms with Gasteiger partial charge in [-0.25, -0.2) is 13.2 Å². The summed E-state index contributed by atoms with van der Waals surface area (Å²) in [5.41, 5.74) is 3.83. The number of carbonyl (C=O) groups excluding carboxylic acids is 2. The zero-order valence-corrected chi connectivity index (χ0v) is 12.4. The Morgan fingerprint density at radius 1 is 0.957 bits per heavy atom. The van der Waals surface area contributed by atoms with Crippen LogP contribution in [0, 0.1) is 17.5 Å². The van der Waals surface area contributed by atoms with Crippen molar-refractivity contribution in [1.82, 2.24) is 10.9 Å². The first-order valence-electron chi connectivity index (χ1n) is 6.38. The van der Waals surface area contributed by atoms with Crippen LogP contribution in [0.2, 0.25) is 0 Å². The normalized spacial score (nSPS) is 10.2. The van der Waals surface area contributed by atoms with Gasteiger partial charge in [0.2, 0.25) is 5.91 Å². The van der Waals surface area contributed by atoms with E-state index >= 15 is 0 Å². The maximum Gasteiger partial charge on any atom is 0.269 e. The average Bonchev–Trinajstić information content (AvgIpc) is 2.51. The van der Waals surface area contributed by atoms with Crippen molar-refractivity contribution in [2.24, 2.45) is 0 Å². The van der Waals surface area contributed by atoms with Crippen LogP contribution >= 0.6 is 11.8 Å². The van der Waals surface area contributed by atoms with Crippen molar-refractivity contribution in [1.29, 1.82) is 0 Å². The molecule has 4 nitrogen and oxygen atoms in total. The minimum Gasteiger partial charge on any atom is -0.272 e. The Bertz CT molecular complexity index is 720. The van der Waals surface area contributed by atoms with Gasteiger partial charge in [0.05, 0.1) is 5.75 Å². The molecule has 2 rings (SSSR count). The van der Waals surface area contributed by atoms with Gasteiger partial charge in [0.25, 0.3) is 5.91 Å². The van der Waals surface area contributed by atoms with Crippen molar-refractivity contribution < 1.29 is 22.8 Å². The SMILES string of the molecule is O=C(CSc1ccccc1F)NNC(=O)c1cc(F)cc(F)c1. The number of halogens is 3. The van der Waals surface area contributed by atoms with Crippen LogP contribution in [-0.2, 0) is 4.79 Å². The molecule has 2 aromatic rings. The Labute approximate surface area is 134 Å². The van der Waals surface area contributed by atoms with E-state index in [0.29, 0.717) is 11.0 Å². The van der Waals surface area contributed by atoms with Crippen LogP contribution < -0.4 is 10.9 Å². The molecule has 23 heavy (non-hydrogen) atoms. The standard InChI is InChI=1S/C15H11F3N2O2S/c16-10-5-9(6-11(17)7-10)15(22)20-19-14(21)8-23-13-4-2-1-3-12(13)18/h1-7H,8H2,(H,19,21)(H,20,22). The van der Waals surface area contributed by atoms with Crippen molar-refractivity contribution >= 4 is 23.6 Å². The third-order valence-corrected chi connectivity index (χ3v) is 3.68. The Kier molecular flexibility index (Phi) is 5.64. The van der Waals surface area contributed by atoms with Gasteiger partial charge in [-0.1, -0.05) is 12.1 Å². The lowest BCUT2D eigenvalue weighted by atomic mass is 10.2. The molecule has 0 saturated carbocycles. The summed E-state index contributed by atoms with van der Waals surface area (Å²) in [6.45, 7) is 0. The van der Waals surface area contributed by atoms with Crippen molar-refractivity contribution in [3.05, 3.63) is 65.5 Å². The number of benzene rings is 2. The van der Waals surface area contributed by atoms with E-state index in [2.05, 4.69) is 5.43 Å². The lowest BCUT2D eigenvalue weighted by molar-refractivity contribution is -0.119. The van der Waals surface area contributed by atoms with Gasteiger partial charge in [-0.15, -0.1) is 11.8 Å². The van der Waals surface area contributed by atoms with Crippen molar-refractivity contribution in [2.45, 2.75) is 4.90 Å². The van der Waals surface area contributed by atoms with Crippen molar-refractivity contribution in [2.75, 3.05) is 5.75 Å². The maximum atomic E-state index is 13.4. The van der Waals surface area contributed by atoms with Gasteiger partial charge in [0.15, 0.2) is 0 Å². The number of amides is 2. The van der Waals surface area contributed by atoms with E-state index in [-0.39, 0.29) is 11.3 Å². The van der Waals surface area contributed by atoms with Gasteiger partial charge in [-0.2, -0.15) is 0 Å². The molecule has 0 bridgehead atoms. The number of hydrazine groups is 1. The van der Waals surface area contributed by atoms with Gasteiger partial charge in [-0.05, 0) is 24.3 Å². The van der Waals surface area contributed by atoms with Crippen molar-refractivity contribution in [3.63, 3.8) is 0 Å². The Morgan fingerprint density at radius 3 is 2.26 bits per heavy atom. The molecule has 2 N–H and O–H groups in total. The Morgan fingerprint density at radius 2 is 1.61 bits per heavy atom. The van der Waals surface area contributed by atoms with Crippen molar-refractivity contribution in [3.8, 4) is 0 Å². The molecule has 0 fully saturated rings. The summed E-state index contributed by atoms with van der Waals surface area (Å²) in [6, 6.07) is 8.22. The second-order valence-corrected chi connectivity index (χ2v) is 5.40. The number of hydrogen-bond donors (Lipinski definition) is 2. The van der Waals surface area contributed by atoms with Crippen LogP contribution in [0.25, 0.3) is 0 Å². The van der Waals surface area contributed by atoms with Crippen LogP contribution in [0.3, 0.4) is 0 Å². The van der Waals surface area contributed by atoms with Gasteiger partial charge in [0.1, 0.15) is 17.5 Å². The molecular weight excluding hydrogens is 329 g/mol. The molecule has 0 unspecified atom stereocenters. The molecule has 120 valence electrons. The summed E-state index contributed by atoms with van der Waals surface area (Å²) in [5.74, 6) is -3.87. The molecule has 0 saturated heterocycles. The number of thioether (sulfide) groups is 1. The summed E-state index contributed by atoms with van der Waals surface area (Å²) in [4.78, 5) is 23.5. The monoisotopic (exact) mass is 340 g/mol. The average molecular weight is 340 g/mol. The van der Waals surface area contributed by atoms with E-state index < -0.39 is 29.3 Å². The summed E-state index contributed by atoms with van der Waals surface area (Å²) < 4.78 is 39.3. The lowest BCUT2D eigenvalue weighted by Gasteiger charge is -2.08. The quantitative estimate of drug-likeness (QED) is 0.665. The molecule has 0 radical (unpaired) electrons. The molecule has 0 aromatic heterocycles. The third kappa shape index (κ3) is 5.03. The molecule has 0 spiro atoms. The first kappa shape index (κ1) is 16.9. The summed E-state index contributed by atoms with van der Waals surface area (Å²) in [5, 5.41) is 0. The minimum absolute atomic E-state index is 0.140. The second-order valence-electron chi connectivity index (χ2n) is 4.38. The highest BCUT2D eigenvalue weighted by molar-refractivity contribution is 8.00. The van der Waals surface area contributed by atoms with E-state index in [4.69, 9.17) is 0 Å². The summed E-state index contributed by atoms with van der Waals surface area (Å²) in [7, 11) is 0. The van der Waals surface area contributed by atoms with E-state index in [1.807, 2.05) is 5.43 Å². The molecule has 2 aromatic carbocycles. The maximum absolute atomic E-state index is 13.4. The molecule has 0 aliphatic rings. The van der Waals surface area contributed by atoms with E-state index in [0.717, 1.165) is 23.9 Å². The molecule has 0 atom stereocenters. The first-order valence-corrected chi connectivity index (χ1v) is 7.37. The van der Waals surface area contributed by atoms with Crippen LogP contribution in [0.4, 0.5) is 13.2 Å². The van der Waals surface area contributed by atoms with E-state index in [1.165, 1.54) is 18.2 Å². The molecule has 2 amide bonds. The predicted octanol–water partition coefficient (Wildman–Crippen LogP) is 2.66. The van der Waals surface area contributed by atoms with E-state index in [1.54, 1.807) is 6.07 Å². The Hall–Kier alpha value is -2.48. The lowest BCUT2D eigenvalue weighted by Crippen LogP contribution is -2.42. The second kappa shape index (κ2) is 7.68. The largest absolute Gasteiger partial charge is 0.272 e. The van der Waals surface area contributed by atoms with Gasteiger partial charge in [-0.3, -0.25) is 20.4 Å². The number of hydrogen-bond acceptors (Lipinski definition) is 3. The van der Waals surface area contributed by atoms with Crippen LogP contribution in [0.1, 0.15) is 10.4 Å². The fourth-order valence-electron chi connectivity index (χ4n) is 1.62. The molecule has 8 heteroatoms. The molecule has 0 heterocycles. The van der Waals surface area contributed by atoms with Gasteiger partial charge >= 0.3 is 0 Å². The number of nitrogens with one attached hydrogen (secondary N) is 2. The smallest absolute Gasteiger partial charge is 0.269 e. The topological polar surface area (TPSA) is 58.2 Å². The molecule has 0 aliphatic heterocycles. The summed E-state index contributed by atoms with van der Waals surface area (Å²) in [6.07, 6.45) is 0. The fraction of sp³-hybridized carbons (Fsp3) is 0.0667. The van der Waals surface area contributed by atoms with Crippen LogP contribution in [-0.4, -0.2) is 17.6 Å². The number of rotatable bonds is 4. The van der Waals surface area contributed by atoms with Gasteiger partial charge in [0, 0.05) is 16.5 Å². The molecular formula is C15H11F3N2O2S. The van der Waals surface area contributed by atoms with Crippen LogP contribution in [0.5, 0.6) is 0 Å². The summed E-state index contributed by atoms with van der Waals surface area (Å²) >= 11 is 0.949. The zero-order chi connectivity index (χ0) is 16.8. The third-order valence-electron chi connectivity index (χ3n) is 2.64. The van der Waals surface area contributed by atoms with E-state index in [9.17, 15) is 22.8 Å². The van der Waals surface area contributed by atoms with Gasteiger partial charge < -0.3 is 0 Å². The highest BCUT2D eigenvalue weighted by Crippen LogP contribution is 2.20. The first-order chi connectivity index (χ1) is 11.0. The highest BCUT2D eigenvalue weighted by atomic mass is 32.2. The fourth-order valence-corrected chi connectivity index (χ4v) is 2.36. The zero-order valence-electron chi connectivity index (χ0n) is 11.6. The van der Waals surface area contributed by atoms with Crippen LogP contribution in [0.15, 0.2) is 47.4 Å². The predicted molar refractivity (Wildman–Crippen MR) is 79.1 cm³/mol. The Balaban J connectivity index is 1.84. The number of carbonyl (C=O) groups is 2. The highest BCUT2D eigenvalue weighted by Gasteiger charge is 2.11. The minimum atomic E-state index is -0.906. The molecule has 0 aliphatic carbocycles.